The first-order chi connectivity index (χ1) is 15.7. The summed E-state index contributed by atoms with van der Waals surface area (Å²) in [5.41, 5.74) is 6.70. The Morgan fingerprint density at radius 1 is 0.844 bits per heavy atom. The highest BCUT2D eigenvalue weighted by molar-refractivity contribution is 5.98. The smallest absolute Gasteiger partial charge is 0.0536 e. The maximum atomic E-state index is 4.40. The Morgan fingerprint density at radius 3 is 2.38 bits per heavy atom. The fraction of sp³-hybridized carbons (Fsp3) is 0.0667. The van der Waals surface area contributed by atoms with E-state index < -0.39 is 0 Å². The first-order valence-electron chi connectivity index (χ1n) is 11.0. The molecule has 0 aliphatic rings. The molecule has 0 radical (unpaired) electrons. The minimum atomic E-state index is 0.865. The fourth-order valence-corrected chi connectivity index (χ4v) is 4.43. The molecule has 1 aromatic heterocycles. The molecule has 4 aromatic carbocycles. The summed E-state index contributed by atoms with van der Waals surface area (Å²) in [6, 6.07) is 34.2. The van der Waals surface area contributed by atoms with Gasteiger partial charge in [0.05, 0.1) is 11.2 Å². The SMILES string of the molecule is C=Cc1cc2cc(N(C(=C)CC)c3cccc4ccccc34)ccc2n1-c1ccccc1. The second kappa shape index (κ2) is 8.24. The highest BCUT2D eigenvalue weighted by atomic mass is 15.1. The van der Waals surface area contributed by atoms with Gasteiger partial charge in [0.1, 0.15) is 0 Å². The molecule has 32 heavy (non-hydrogen) atoms. The molecule has 0 bridgehead atoms. The third-order valence-corrected chi connectivity index (χ3v) is 6.03. The van der Waals surface area contributed by atoms with Crippen LogP contribution in [0.2, 0.25) is 0 Å². The van der Waals surface area contributed by atoms with E-state index in [1.165, 1.54) is 16.2 Å². The number of allylic oxidation sites excluding steroid dienone is 1. The average molecular weight is 415 g/mol. The van der Waals surface area contributed by atoms with E-state index in [-0.39, 0.29) is 0 Å². The van der Waals surface area contributed by atoms with Crippen LogP contribution in [0.15, 0.2) is 116 Å². The van der Waals surface area contributed by atoms with Gasteiger partial charge in [0.25, 0.3) is 0 Å². The number of nitrogens with zero attached hydrogens (tertiary/aromatic N) is 2. The lowest BCUT2D eigenvalue weighted by Gasteiger charge is -2.28. The fourth-order valence-electron chi connectivity index (χ4n) is 4.43. The molecule has 0 fully saturated rings. The van der Waals surface area contributed by atoms with Gasteiger partial charge in [0.15, 0.2) is 0 Å². The van der Waals surface area contributed by atoms with Crippen molar-refractivity contribution < 1.29 is 0 Å². The number of hydrogen-bond acceptors (Lipinski definition) is 1. The van der Waals surface area contributed by atoms with Crippen molar-refractivity contribution >= 4 is 39.1 Å². The van der Waals surface area contributed by atoms with Crippen LogP contribution in [0.1, 0.15) is 19.0 Å². The van der Waals surface area contributed by atoms with E-state index in [1.807, 2.05) is 12.1 Å². The summed E-state index contributed by atoms with van der Waals surface area (Å²) in [4.78, 5) is 2.29. The average Bonchev–Trinajstić information content (AvgIpc) is 3.22. The van der Waals surface area contributed by atoms with Gasteiger partial charge in [-0.1, -0.05) is 74.7 Å². The van der Waals surface area contributed by atoms with Crippen molar-refractivity contribution in [2.75, 3.05) is 4.90 Å². The van der Waals surface area contributed by atoms with Gasteiger partial charge in [0.2, 0.25) is 0 Å². The molecule has 0 aliphatic carbocycles. The standard InChI is InChI=1S/C30H26N2/c1-4-22(3)31(30-17-11-13-23-12-9-10-16-28(23)30)27-18-19-29-24(21-27)20-25(5-2)32(29)26-14-7-6-8-15-26/h5-21H,2-4H2,1H3. The van der Waals surface area contributed by atoms with Crippen LogP contribution in [0.4, 0.5) is 11.4 Å². The van der Waals surface area contributed by atoms with E-state index in [0.29, 0.717) is 0 Å². The summed E-state index contributed by atoms with van der Waals surface area (Å²) in [7, 11) is 0. The number of rotatable bonds is 6. The molecule has 0 saturated carbocycles. The van der Waals surface area contributed by atoms with E-state index in [1.54, 1.807) is 0 Å². The monoisotopic (exact) mass is 414 g/mol. The highest BCUT2D eigenvalue weighted by Crippen LogP contribution is 2.38. The van der Waals surface area contributed by atoms with E-state index in [0.717, 1.165) is 40.4 Å². The molecular formula is C30H26N2. The molecule has 0 saturated heterocycles. The first-order valence-corrected chi connectivity index (χ1v) is 11.0. The second-order valence-electron chi connectivity index (χ2n) is 7.94. The van der Waals surface area contributed by atoms with E-state index in [4.69, 9.17) is 0 Å². The predicted molar refractivity (Wildman–Crippen MR) is 139 cm³/mol. The normalized spacial score (nSPS) is 11.0. The van der Waals surface area contributed by atoms with Crippen LogP contribution in [0.3, 0.4) is 0 Å². The predicted octanol–water partition coefficient (Wildman–Crippen LogP) is 8.49. The molecule has 156 valence electrons. The Morgan fingerprint density at radius 2 is 1.59 bits per heavy atom. The molecule has 1 heterocycles. The van der Waals surface area contributed by atoms with Crippen molar-refractivity contribution in [3.05, 3.63) is 122 Å². The molecule has 2 heteroatoms. The zero-order chi connectivity index (χ0) is 22.1. The van der Waals surface area contributed by atoms with Crippen molar-refractivity contribution in [3.63, 3.8) is 0 Å². The van der Waals surface area contributed by atoms with Crippen molar-refractivity contribution in [1.82, 2.24) is 4.57 Å². The third-order valence-electron chi connectivity index (χ3n) is 6.03. The Kier molecular flexibility index (Phi) is 5.12. The number of benzene rings is 4. The van der Waals surface area contributed by atoms with Crippen LogP contribution in [-0.4, -0.2) is 4.57 Å². The summed E-state index contributed by atoms with van der Waals surface area (Å²) in [6.07, 6.45) is 2.78. The molecular weight excluding hydrogens is 388 g/mol. The second-order valence-corrected chi connectivity index (χ2v) is 7.94. The van der Waals surface area contributed by atoms with Crippen LogP contribution in [0.5, 0.6) is 0 Å². The number of anilines is 2. The molecule has 0 atom stereocenters. The minimum absolute atomic E-state index is 0.865. The van der Waals surface area contributed by atoms with Crippen LogP contribution < -0.4 is 4.90 Å². The Bertz CT molecular complexity index is 1440. The van der Waals surface area contributed by atoms with Gasteiger partial charge < -0.3 is 9.47 Å². The van der Waals surface area contributed by atoms with Gasteiger partial charge >= 0.3 is 0 Å². The molecule has 5 aromatic rings. The third kappa shape index (κ3) is 3.30. The van der Waals surface area contributed by atoms with Gasteiger partial charge in [-0.25, -0.2) is 0 Å². The Balaban J connectivity index is 1.71. The number of aromatic nitrogens is 1. The Labute approximate surface area is 189 Å². The van der Waals surface area contributed by atoms with Crippen molar-refractivity contribution in [1.29, 1.82) is 0 Å². The quantitative estimate of drug-likeness (QED) is 0.270. The molecule has 2 nitrogen and oxygen atoms in total. The molecule has 0 unspecified atom stereocenters. The maximum absolute atomic E-state index is 4.40. The Hall–Kier alpha value is -4.04. The number of para-hydroxylation sites is 1. The summed E-state index contributed by atoms with van der Waals surface area (Å²) in [5.74, 6) is 0. The lowest BCUT2D eigenvalue weighted by Crippen LogP contribution is -2.15. The van der Waals surface area contributed by atoms with Crippen LogP contribution in [0, 0.1) is 0 Å². The van der Waals surface area contributed by atoms with Gasteiger partial charge in [-0.05, 0) is 60.3 Å². The van der Waals surface area contributed by atoms with Crippen molar-refractivity contribution in [3.8, 4) is 5.69 Å². The van der Waals surface area contributed by atoms with E-state index in [9.17, 15) is 0 Å². The van der Waals surface area contributed by atoms with Crippen LogP contribution >= 0.6 is 0 Å². The molecule has 0 amide bonds. The van der Waals surface area contributed by atoms with Crippen LogP contribution in [0.25, 0.3) is 33.4 Å². The topological polar surface area (TPSA) is 8.17 Å². The van der Waals surface area contributed by atoms with Gasteiger partial charge in [-0.2, -0.15) is 0 Å². The van der Waals surface area contributed by atoms with Gasteiger partial charge in [-0.3, -0.25) is 0 Å². The molecule has 0 spiro atoms. The largest absolute Gasteiger partial charge is 0.314 e. The molecule has 0 aliphatic heterocycles. The summed E-state index contributed by atoms with van der Waals surface area (Å²) in [6.45, 7) is 10.6. The van der Waals surface area contributed by atoms with E-state index >= 15 is 0 Å². The highest BCUT2D eigenvalue weighted by Gasteiger charge is 2.17. The van der Waals surface area contributed by atoms with Crippen LogP contribution in [-0.2, 0) is 0 Å². The lowest BCUT2D eigenvalue weighted by molar-refractivity contribution is 1.03. The molecule has 5 rings (SSSR count). The van der Waals surface area contributed by atoms with Crippen molar-refractivity contribution in [2.45, 2.75) is 13.3 Å². The zero-order valence-electron chi connectivity index (χ0n) is 18.3. The van der Waals surface area contributed by atoms with Gasteiger partial charge in [0, 0.05) is 33.5 Å². The zero-order valence-corrected chi connectivity index (χ0v) is 18.3. The summed E-state index contributed by atoms with van der Waals surface area (Å²) in [5, 5.41) is 3.62. The summed E-state index contributed by atoms with van der Waals surface area (Å²) < 4.78 is 2.25. The van der Waals surface area contributed by atoms with E-state index in [2.05, 4.69) is 121 Å². The summed E-state index contributed by atoms with van der Waals surface area (Å²) >= 11 is 0. The maximum Gasteiger partial charge on any atom is 0.0536 e. The lowest BCUT2D eigenvalue weighted by atomic mass is 10.1. The molecule has 0 N–H and O–H groups in total. The number of hydrogen-bond donors (Lipinski definition) is 0. The number of fused-ring (bicyclic) bond motifs is 2. The minimum Gasteiger partial charge on any atom is -0.314 e. The first kappa shape index (κ1) is 19.9. The van der Waals surface area contributed by atoms with Crippen molar-refractivity contribution in [2.24, 2.45) is 0 Å². The van der Waals surface area contributed by atoms with Gasteiger partial charge in [-0.15, -0.1) is 0 Å².